The number of halogens is 1. The van der Waals surface area contributed by atoms with Gasteiger partial charge in [0.25, 0.3) is 0 Å². The summed E-state index contributed by atoms with van der Waals surface area (Å²) < 4.78 is 23.9. The lowest BCUT2D eigenvalue weighted by molar-refractivity contribution is -0.121. The molecule has 5 rings (SSSR count). The van der Waals surface area contributed by atoms with E-state index in [9.17, 15) is 14.3 Å². The summed E-state index contributed by atoms with van der Waals surface area (Å²) in [5.74, 6) is 0.910. The molecule has 2 N–H and O–H groups in total. The third-order valence-electron chi connectivity index (χ3n) is 6.28. The van der Waals surface area contributed by atoms with Gasteiger partial charge in [0.15, 0.2) is 11.5 Å². The highest BCUT2D eigenvalue weighted by Crippen LogP contribution is 2.45. The van der Waals surface area contributed by atoms with E-state index in [0.717, 1.165) is 18.4 Å². The first-order valence-electron chi connectivity index (χ1n) is 9.94. The zero-order valence-electron chi connectivity index (χ0n) is 15.9. The number of piperidine rings is 1. The first-order chi connectivity index (χ1) is 14.0. The number of nitrogens with zero attached hydrogens (tertiary/aromatic N) is 1. The van der Waals surface area contributed by atoms with E-state index in [0.29, 0.717) is 30.0 Å². The molecule has 6 nitrogen and oxygen atoms in total. The summed E-state index contributed by atoms with van der Waals surface area (Å²) in [5.41, 5.74) is 0.454. The number of anilines is 1. The lowest BCUT2D eigenvalue weighted by Crippen LogP contribution is -2.51. The number of aliphatic hydroxyl groups is 1. The molecule has 2 saturated heterocycles. The van der Waals surface area contributed by atoms with Crippen LogP contribution in [-0.4, -0.2) is 41.3 Å². The average Bonchev–Trinajstić information content (AvgIpc) is 3.25. The zero-order valence-corrected chi connectivity index (χ0v) is 15.9. The quantitative estimate of drug-likeness (QED) is 0.829. The first kappa shape index (κ1) is 18.4. The predicted octanol–water partition coefficient (Wildman–Crippen LogP) is 3.01. The summed E-state index contributed by atoms with van der Waals surface area (Å²) in [5, 5.41) is 14.1. The molecule has 0 unspecified atom stereocenters. The van der Waals surface area contributed by atoms with E-state index in [-0.39, 0.29) is 37.1 Å². The van der Waals surface area contributed by atoms with Crippen LogP contribution in [0.25, 0.3) is 0 Å². The molecule has 3 aliphatic rings. The van der Waals surface area contributed by atoms with Gasteiger partial charge in [-0.1, -0.05) is 12.1 Å². The number of hydrogen-bond acceptors (Lipinski definition) is 5. The van der Waals surface area contributed by atoms with E-state index >= 15 is 0 Å². The number of amides is 1. The number of benzene rings is 2. The Hall–Kier alpha value is -2.64. The van der Waals surface area contributed by atoms with Crippen molar-refractivity contribution >= 4 is 11.6 Å². The van der Waals surface area contributed by atoms with Crippen LogP contribution in [-0.2, 0) is 10.4 Å². The molecule has 1 amide bonds. The molecule has 2 fully saturated rings. The fourth-order valence-corrected chi connectivity index (χ4v) is 4.91. The van der Waals surface area contributed by atoms with Crippen LogP contribution in [0, 0.1) is 5.82 Å². The van der Waals surface area contributed by atoms with E-state index in [1.54, 1.807) is 30.3 Å². The molecular formula is C22H23FN2O4. The van der Waals surface area contributed by atoms with Crippen molar-refractivity contribution in [3.05, 3.63) is 53.8 Å². The minimum Gasteiger partial charge on any atom is -0.454 e. The maximum atomic E-state index is 13.3. The Kier molecular flexibility index (Phi) is 4.44. The molecule has 0 aliphatic carbocycles. The van der Waals surface area contributed by atoms with Gasteiger partial charge in [0.2, 0.25) is 12.7 Å². The fraction of sp³-hybridized carbons (Fsp3) is 0.409. The van der Waals surface area contributed by atoms with Crippen LogP contribution in [0.2, 0.25) is 0 Å². The van der Waals surface area contributed by atoms with Crippen LogP contribution in [0.1, 0.15) is 31.2 Å². The number of rotatable bonds is 4. The number of fused-ring (bicyclic) bond motifs is 3. The van der Waals surface area contributed by atoms with Crippen molar-refractivity contribution in [2.45, 2.75) is 43.4 Å². The highest BCUT2D eigenvalue weighted by atomic mass is 19.1. The van der Waals surface area contributed by atoms with E-state index in [1.807, 2.05) is 0 Å². The largest absolute Gasteiger partial charge is 0.454 e. The topological polar surface area (TPSA) is 71.0 Å². The third-order valence-corrected chi connectivity index (χ3v) is 6.28. The number of nitrogens with one attached hydrogen (secondary N) is 1. The van der Waals surface area contributed by atoms with Crippen molar-refractivity contribution in [1.82, 2.24) is 4.90 Å². The number of carbonyl (C=O) groups excluding carboxylic acids is 1. The lowest BCUT2D eigenvalue weighted by atomic mass is 9.80. The second kappa shape index (κ2) is 7.00. The Bertz CT molecular complexity index is 919. The second-order valence-electron chi connectivity index (χ2n) is 8.12. The molecular weight excluding hydrogens is 375 g/mol. The second-order valence-corrected chi connectivity index (χ2v) is 8.12. The number of ether oxygens (including phenoxy) is 2. The molecule has 0 spiro atoms. The molecule has 0 saturated carbocycles. The van der Waals surface area contributed by atoms with Gasteiger partial charge in [-0.2, -0.15) is 0 Å². The zero-order chi connectivity index (χ0) is 20.0. The van der Waals surface area contributed by atoms with Gasteiger partial charge < -0.3 is 19.9 Å². The van der Waals surface area contributed by atoms with E-state index < -0.39 is 5.60 Å². The number of hydrogen-bond donors (Lipinski definition) is 2. The van der Waals surface area contributed by atoms with Gasteiger partial charge in [0.05, 0.1) is 12.1 Å². The maximum absolute atomic E-state index is 13.3. The molecule has 2 aromatic rings. The van der Waals surface area contributed by atoms with Crippen LogP contribution in [0.4, 0.5) is 10.1 Å². The summed E-state index contributed by atoms with van der Waals surface area (Å²) in [7, 11) is 0. The van der Waals surface area contributed by atoms with Gasteiger partial charge in [-0.05, 0) is 55.5 Å². The molecule has 2 atom stereocenters. The third kappa shape index (κ3) is 3.45. The average molecular weight is 398 g/mol. The van der Waals surface area contributed by atoms with Crippen LogP contribution in [0.15, 0.2) is 42.5 Å². The van der Waals surface area contributed by atoms with Crippen LogP contribution in [0.3, 0.4) is 0 Å². The Morgan fingerprint density at radius 3 is 2.52 bits per heavy atom. The Labute approximate surface area is 168 Å². The van der Waals surface area contributed by atoms with Crippen LogP contribution < -0.4 is 14.8 Å². The van der Waals surface area contributed by atoms with Gasteiger partial charge in [-0.25, -0.2) is 4.39 Å². The Balaban J connectivity index is 1.25. The van der Waals surface area contributed by atoms with Crippen LogP contribution in [0.5, 0.6) is 11.5 Å². The van der Waals surface area contributed by atoms with E-state index in [4.69, 9.17) is 9.47 Å². The molecule has 0 radical (unpaired) electrons. The normalized spacial score (nSPS) is 27.8. The van der Waals surface area contributed by atoms with Gasteiger partial charge in [0, 0.05) is 23.8 Å². The summed E-state index contributed by atoms with van der Waals surface area (Å²) >= 11 is 0. The van der Waals surface area contributed by atoms with E-state index in [1.165, 1.54) is 12.1 Å². The van der Waals surface area contributed by atoms with Gasteiger partial charge in [-0.3, -0.25) is 9.69 Å². The molecule has 3 heterocycles. The Morgan fingerprint density at radius 1 is 1.10 bits per heavy atom. The molecule has 152 valence electrons. The van der Waals surface area contributed by atoms with Crippen molar-refractivity contribution < 1.29 is 23.8 Å². The SMILES string of the molecule is O=C(CN1[C@H]2CC[C@H]1CC(O)(c1ccc(F)cc1)C2)Nc1ccc2c(c1)OCO2. The minimum absolute atomic E-state index is 0.0898. The fourth-order valence-electron chi connectivity index (χ4n) is 4.91. The van der Waals surface area contributed by atoms with Gasteiger partial charge in [0.1, 0.15) is 5.82 Å². The minimum atomic E-state index is -0.968. The molecule has 3 aliphatic heterocycles. The highest BCUT2D eigenvalue weighted by Gasteiger charge is 2.48. The molecule has 29 heavy (non-hydrogen) atoms. The van der Waals surface area contributed by atoms with Crippen molar-refractivity contribution in [3.63, 3.8) is 0 Å². The molecule has 7 heteroatoms. The van der Waals surface area contributed by atoms with E-state index in [2.05, 4.69) is 10.2 Å². The lowest BCUT2D eigenvalue weighted by Gasteiger charge is -2.43. The summed E-state index contributed by atoms with van der Waals surface area (Å²) in [6, 6.07) is 11.7. The molecule has 0 aromatic heterocycles. The highest BCUT2D eigenvalue weighted by molar-refractivity contribution is 5.92. The first-order valence-corrected chi connectivity index (χ1v) is 9.94. The summed E-state index contributed by atoms with van der Waals surface area (Å²) in [4.78, 5) is 14.8. The summed E-state index contributed by atoms with van der Waals surface area (Å²) in [6.07, 6.45) is 3.00. The van der Waals surface area contributed by atoms with Gasteiger partial charge in [-0.15, -0.1) is 0 Å². The van der Waals surface area contributed by atoms with Crippen LogP contribution >= 0.6 is 0 Å². The monoisotopic (exact) mass is 398 g/mol. The van der Waals surface area contributed by atoms with Crippen molar-refractivity contribution in [1.29, 1.82) is 0 Å². The van der Waals surface area contributed by atoms with Gasteiger partial charge >= 0.3 is 0 Å². The molecule has 2 aromatic carbocycles. The predicted molar refractivity (Wildman–Crippen MR) is 104 cm³/mol. The number of carbonyl (C=O) groups is 1. The van der Waals surface area contributed by atoms with Crippen molar-refractivity contribution in [2.24, 2.45) is 0 Å². The summed E-state index contributed by atoms with van der Waals surface area (Å²) in [6.45, 7) is 0.476. The maximum Gasteiger partial charge on any atom is 0.238 e. The smallest absolute Gasteiger partial charge is 0.238 e. The molecule has 2 bridgehead atoms. The van der Waals surface area contributed by atoms with Crippen molar-refractivity contribution in [2.75, 3.05) is 18.7 Å². The standard InChI is InChI=1S/C22H23FN2O4/c23-15-3-1-14(2-4-15)22(27)10-17-6-7-18(11-22)25(17)12-21(26)24-16-5-8-19-20(9-16)29-13-28-19/h1-5,8-9,17-18,27H,6-7,10-13H2,(H,24,26)/t17-,18-/m0/s1. The Morgan fingerprint density at radius 2 is 1.79 bits per heavy atom. The van der Waals surface area contributed by atoms with Crippen molar-refractivity contribution in [3.8, 4) is 11.5 Å².